The van der Waals surface area contributed by atoms with Gasteiger partial charge in [0, 0.05) is 12.7 Å². The quantitative estimate of drug-likeness (QED) is 0.558. The van der Waals surface area contributed by atoms with Gasteiger partial charge >= 0.3 is 0 Å². The lowest BCUT2D eigenvalue weighted by Crippen LogP contribution is -2.28. The molecule has 1 amide bonds. The van der Waals surface area contributed by atoms with Crippen molar-refractivity contribution in [1.29, 1.82) is 0 Å². The Kier molecular flexibility index (Phi) is 6.84. The summed E-state index contributed by atoms with van der Waals surface area (Å²) in [5.41, 5.74) is 1.68. The SMILES string of the molecule is COc1ccc(OCCNC(=O)c2ccc(NCc3ccccc3)nc2)cc1. The normalized spacial score (nSPS) is 10.2. The third kappa shape index (κ3) is 5.74. The monoisotopic (exact) mass is 377 g/mol. The lowest BCUT2D eigenvalue weighted by molar-refractivity contribution is 0.0946. The molecule has 1 heterocycles. The van der Waals surface area contributed by atoms with Crippen LogP contribution >= 0.6 is 0 Å². The van der Waals surface area contributed by atoms with Crippen molar-refractivity contribution in [2.75, 3.05) is 25.6 Å². The van der Waals surface area contributed by atoms with E-state index in [0.29, 0.717) is 25.3 Å². The van der Waals surface area contributed by atoms with Crippen molar-refractivity contribution < 1.29 is 14.3 Å². The molecule has 0 bridgehead atoms. The van der Waals surface area contributed by atoms with Crippen molar-refractivity contribution in [3.05, 3.63) is 84.1 Å². The standard InChI is InChI=1S/C22H23N3O3/c1-27-19-8-10-20(11-9-19)28-14-13-23-22(26)18-7-12-21(25-16-18)24-15-17-5-3-2-4-6-17/h2-12,16H,13-15H2,1H3,(H,23,26)(H,24,25). The van der Waals surface area contributed by atoms with Crippen molar-refractivity contribution in [2.24, 2.45) is 0 Å². The maximum atomic E-state index is 12.2. The van der Waals surface area contributed by atoms with Gasteiger partial charge < -0.3 is 20.1 Å². The molecule has 28 heavy (non-hydrogen) atoms. The maximum absolute atomic E-state index is 12.2. The van der Waals surface area contributed by atoms with Crippen molar-refractivity contribution >= 4 is 11.7 Å². The largest absolute Gasteiger partial charge is 0.497 e. The van der Waals surface area contributed by atoms with Crippen LogP contribution in [-0.2, 0) is 6.54 Å². The average molecular weight is 377 g/mol. The van der Waals surface area contributed by atoms with Gasteiger partial charge in [-0.3, -0.25) is 4.79 Å². The highest BCUT2D eigenvalue weighted by atomic mass is 16.5. The van der Waals surface area contributed by atoms with Gasteiger partial charge in [-0.15, -0.1) is 0 Å². The van der Waals surface area contributed by atoms with Gasteiger partial charge in [0.25, 0.3) is 5.91 Å². The smallest absolute Gasteiger partial charge is 0.252 e. The zero-order valence-corrected chi connectivity index (χ0v) is 15.7. The summed E-state index contributed by atoms with van der Waals surface area (Å²) in [6, 6.07) is 20.9. The number of carbonyl (C=O) groups is 1. The summed E-state index contributed by atoms with van der Waals surface area (Å²) in [5, 5.41) is 6.05. The second-order valence-corrected chi connectivity index (χ2v) is 6.05. The number of ether oxygens (including phenoxy) is 2. The van der Waals surface area contributed by atoms with Gasteiger partial charge in [-0.2, -0.15) is 0 Å². The summed E-state index contributed by atoms with van der Waals surface area (Å²) in [5.74, 6) is 2.05. The third-order valence-corrected chi connectivity index (χ3v) is 4.06. The predicted molar refractivity (Wildman–Crippen MR) is 109 cm³/mol. The van der Waals surface area contributed by atoms with E-state index in [-0.39, 0.29) is 5.91 Å². The van der Waals surface area contributed by atoms with E-state index in [2.05, 4.69) is 15.6 Å². The third-order valence-electron chi connectivity index (χ3n) is 4.06. The van der Waals surface area contributed by atoms with Crippen molar-refractivity contribution in [1.82, 2.24) is 10.3 Å². The van der Waals surface area contributed by atoms with Gasteiger partial charge in [0.2, 0.25) is 0 Å². The number of hydrogen-bond acceptors (Lipinski definition) is 5. The van der Waals surface area contributed by atoms with E-state index in [1.54, 1.807) is 25.4 Å². The Morgan fingerprint density at radius 2 is 1.71 bits per heavy atom. The molecule has 0 fully saturated rings. The summed E-state index contributed by atoms with van der Waals surface area (Å²) in [6.45, 7) is 1.46. The van der Waals surface area contributed by atoms with Crippen LogP contribution in [0.2, 0.25) is 0 Å². The van der Waals surface area contributed by atoms with Crippen LogP contribution in [0, 0.1) is 0 Å². The molecule has 144 valence electrons. The summed E-state index contributed by atoms with van der Waals surface area (Å²) in [4.78, 5) is 16.5. The van der Waals surface area contributed by atoms with E-state index in [1.165, 1.54) is 5.56 Å². The van der Waals surface area contributed by atoms with Gasteiger partial charge in [-0.1, -0.05) is 30.3 Å². The number of methoxy groups -OCH3 is 1. The molecule has 0 saturated heterocycles. The molecule has 0 aliphatic heterocycles. The Hall–Kier alpha value is -3.54. The molecule has 2 N–H and O–H groups in total. The van der Waals surface area contributed by atoms with E-state index in [9.17, 15) is 4.79 Å². The number of nitrogens with zero attached hydrogens (tertiary/aromatic N) is 1. The van der Waals surface area contributed by atoms with Crippen molar-refractivity contribution in [2.45, 2.75) is 6.54 Å². The van der Waals surface area contributed by atoms with Gasteiger partial charge in [-0.05, 0) is 42.0 Å². The molecule has 0 aliphatic carbocycles. The molecule has 0 spiro atoms. The molecular weight excluding hydrogens is 354 g/mol. The second kappa shape index (κ2) is 9.97. The van der Waals surface area contributed by atoms with Gasteiger partial charge in [0.15, 0.2) is 0 Å². The minimum absolute atomic E-state index is 0.180. The summed E-state index contributed by atoms with van der Waals surface area (Å²) < 4.78 is 10.7. The zero-order chi connectivity index (χ0) is 19.6. The minimum atomic E-state index is -0.180. The molecule has 0 atom stereocenters. The number of anilines is 1. The van der Waals surface area contributed by atoms with Gasteiger partial charge in [0.05, 0.1) is 19.2 Å². The Balaban J connectivity index is 1.40. The number of rotatable bonds is 9. The molecule has 0 radical (unpaired) electrons. The van der Waals surface area contributed by atoms with Crippen LogP contribution in [-0.4, -0.2) is 31.2 Å². The predicted octanol–water partition coefficient (Wildman–Crippen LogP) is 3.51. The molecule has 0 saturated carbocycles. The molecule has 0 aliphatic rings. The van der Waals surface area contributed by atoms with Crippen LogP contribution in [0.4, 0.5) is 5.82 Å². The number of amides is 1. The Labute approximate surface area is 164 Å². The number of nitrogens with one attached hydrogen (secondary N) is 2. The van der Waals surface area contributed by atoms with Crippen LogP contribution in [0.25, 0.3) is 0 Å². The maximum Gasteiger partial charge on any atom is 0.252 e. The fourth-order valence-electron chi connectivity index (χ4n) is 2.53. The first-order chi connectivity index (χ1) is 13.7. The van der Waals surface area contributed by atoms with Crippen LogP contribution in [0.5, 0.6) is 11.5 Å². The molecule has 3 aromatic rings. The highest BCUT2D eigenvalue weighted by Gasteiger charge is 2.06. The minimum Gasteiger partial charge on any atom is -0.497 e. The highest BCUT2D eigenvalue weighted by Crippen LogP contribution is 2.16. The fraction of sp³-hybridized carbons (Fsp3) is 0.182. The molecule has 1 aromatic heterocycles. The van der Waals surface area contributed by atoms with E-state index in [0.717, 1.165) is 17.3 Å². The number of benzene rings is 2. The molecule has 2 aromatic carbocycles. The summed E-state index contributed by atoms with van der Waals surface area (Å²) >= 11 is 0. The van der Waals surface area contributed by atoms with E-state index in [1.807, 2.05) is 54.6 Å². The van der Waals surface area contributed by atoms with Crippen LogP contribution in [0.1, 0.15) is 15.9 Å². The van der Waals surface area contributed by atoms with Crippen LogP contribution in [0.3, 0.4) is 0 Å². The molecule has 6 nitrogen and oxygen atoms in total. The number of hydrogen-bond donors (Lipinski definition) is 2. The molecule has 6 heteroatoms. The van der Waals surface area contributed by atoms with Crippen LogP contribution < -0.4 is 20.1 Å². The van der Waals surface area contributed by atoms with E-state index in [4.69, 9.17) is 9.47 Å². The zero-order valence-electron chi connectivity index (χ0n) is 15.7. The number of pyridine rings is 1. The summed E-state index contributed by atoms with van der Waals surface area (Å²) in [7, 11) is 1.62. The number of carbonyl (C=O) groups excluding carboxylic acids is 1. The van der Waals surface area contributed by atoms with Crippen molar-refractivity contribution in [3.63, 3.8) is 0 Å². The second-order valence-electron chi connectivity index (χ2n) is 6.05. The topological polar surface area (TPSA) is 72.5 Å². The van der Waals surface area contributed by atoms with E-state index < -0.39 is 0 Å². The Morgan fingerprint density at radius 3 is 2.39 bits per heavy atom. The average Bonchev–Trinajstić information content (AvgIpc) is 2.76. The van der Waals surface area contributed by atoms with E-state index >= 15 is 0 Å². The molecule has 0 unspecified atom stereocenters. The summed E-state index contributed by atoms with van der Waals surface area (Å²) in [6.07, 6.45) is 1.56. The Morgan fingerprint density at radius 1 is 0.964 bits per heavy atom. The lowest BCUT2D eigenvalue weighted by Gasteiger charge is -2.09. The van der Waals surface area contributed by atoms with Gasteiger partial charge in [0.1, 0.15) is 23.9 Å². The highest BCUT2D eigenvalue weighted by molar-refractivity contribution is 5.94. The van der Waals surface area contributed by atoms with Crippen molar-refractivity contribution in [3.8, 4) is 11.5 Å². The molecular formula is C22H23N3O3. The van der Waals surface area contributed by atoms with Gasteiger partial charge in [-0.25, -0.2) is 4.98 Å². The first-order valence-electron chi connectivity index (χ1n) is 9.03. The number of aromatic nitrogens is 1. The molecule has 3 rings (SSSR count). The lowest BCUT2D eigenvalue weighted by atomic mass is 10.2. The Bertz CT molecular complexity index is 866. The first-order valence-corrected chi connectivity index (χ1v) is 9.03. The fourth-order valence-corrected chi connectivity index (χ4v) is 2.53. The van der Waals surface area contributed by atoms with Crippen LogP contribution in [0.15, 0.2) is 72.9 Å². The first kappa shape index (κ1) is 19.2.